The van der Waals surface area contributed by atoms with Gasteiger partial charge in [-0.3, -0.25) is 9.48 Å². The van der Waals surface area contributed by atoms with Crippen molar-refractivity contribution in [2.24, 2.45) is 7.05 Å². The molecular formula is C17H23N5O2. The van der Waals surface area contributed by atoms with Crippen molar-refractivity contribution in [1.82, 2.24) is 24.8 Å². The molecule has 24 heavy (non-hydrogen) atoms. The van der Waals surface area contributed by atoms with Gasteiger partial charge in [0.05, 0.1) is 11.7 Å². The van der Waals surface area contributed by atoms with Crippen molar-refractivity contribution in [3.8, 4) is 0 Å². The molecule has 0 radical (unpaired) electrons. The van der Waals surface area contributed by atoms with Crippen LogP contribution < -0.4 is 0 Å². The van der Waals surface area contributed by atoms with E-state index in [0.717, 1.165) is 55.8 Å². The summed E-state index contributed by atoms with van der Waals surface area (Å²) in [7, 11) is 1.91. The summed E-state index contributed by atoms with van der Waals surface area (Å²) in [4.78, 5) is 19.1. The highest BCUT2D eigenvalue weighted by atomic mass is 16.5. The van der Waals surface area contributed by atoms with Gasteiger partial charge in [0.15, 0.2) is 5.82 Å². The predicted octanol–water partition coefficient (Wildman–Crippen LogP) is 2.29. The van der Waals surface area contributed by atoms with Gasteiger partial charge in [-0.15, -0.1) is 0 Å². The molecule has 0 aromatic carbocycles. The van der Waals surface area contributed by atoms with Crippen LogP contribution in [0.2, 0.25) is 0 Å². The molecule has 1 amide bonds. The first-order valence-electron chi connectivity index (χ1n) is 8.74. The van der Waals surface area contributed by atoms with E-state index in [-0.39, 0.29) is 11.9 Å². The van der Waals surface area contributed by atoms with Crippen LogP contribution in [0.15, 0.2) is 10.7 Å². The minimum absolute atomic E-state index is 0.0243. The summed E-state index contributed by atoms with van der Waals surface area (Å²) in [6.45, 7) is 2.76. The fourth-order valence-corrected chi connectivity index (χ4v) is 3.49. The van der Waals surface area contributed by atoms with E-state index >= 15 is 0 Å². The number of hydrogen-bond acceptors (Lipinski definition) is 5. The molecule has 4 rings (SSSR count). The van der Waals surface area contributed by atoms with Crippen LogP contribution in [0.5, 0.6) is 0 Å². The standard InChI is InChI=1S/C17H23N5O2/c1-11-13(10-21(2)19-11)7-8-15(23)22-9-3-4-14(22)16-18-17(24-20-16)12-5-6-12/h10,12,14H,3-9H2,1-2H3. The van der Waals surface area contributed by atoms with Crippen LogP contribution >= 0.6 is 0 Å². The third-order valence-electron chi connectivity index (χ3n) is 4.98. The molecule has 1 saturated carbocycles. The SMILES string of the molecule is Cc1nn(C)cc1CCC(=O)N1CCCC1c1noc(C2CC2)n1. The van der Waals surface area contributed by atoms with Gasteiger partial charge in [-0.1, -0.05) is 5.16 Å². The average molecular weight is 329 g/mol. The summed E-state index contributed by atoms with van der Waals surface area (Å²) in [6, 6.07) is -0.0243. The zero-order chi connectivity index (χ0) is 16.7. The van der Waals surface area contributed by atoms with Crippen molar-refractivity contribution in [3.63, 3.8) is 0 Å². The highest BCUT2D eigenvalue weighted by Gasteiger charge is 2.35. The van der Waals surface area contributed by atoms with E-state index in [4.69, 9.17) is 4.52 Å². The van der Waals surface area contributed by atoms with Crippen molar-refractivity contribution in [1.29, 1.82) is 0 Å². The molecule has 1 unspecified atom stereocenters. The lowest BCUT2D eigenvalue weighted by atomic mass is 10.1. The molecule has 7 nitrogen and oxygen atoms in total. The zero-order valence-corrected chi connectivity index (χ0v) is 14.2. The van der Waals surface area contributed by atoms with Gasteiger partial charge in [0.25, 0.3) is 0 Å². The summed E-state index contributed by atoms with van der Waals surface area (Å²) in [6.07, 6.45) is 7.40. The van der Waals surface area contributed by atoms with Crippen LogP contribution in [0.25, 0.3) is 0 Å². The topological polar surface area (TPSA) is 77.0 Å². The van der Waals surface area contributed by atoms with E-state index in [0.29, 0.717) is 18.2 Å². The number of likely N-dealkylation sites (tertiary alicyclic amines) is 1. The van der Waals surface area contributed by atoms with Crippen LogP contribution in [-0.2, 0) is 18.3 Å². The molecule has 128 valence electrons. The Kier molecular flexibility index (Phi) is 3.86. The molecule has 1 aliphatic heterocycles. The fraction of sp³-hybridized carbons (Fsp3) is 0.647. The Morgan fingerprint density at radius 3 is 2.92 bits per heavy atom. The van der Waals surface area contributed by atoms with E-state index in [1.165, 1.54) is 0 Å². The minimum atomic E-state index is -0.0243. The van der Waals surface area contributed by atoms with Gasteiger partial charge < -0.3 is 9.42 Å². The number of amides is 1. The summed E-state index contributed by atoms with van der Waals surface area (Å²) in [5.41, 5.74) is 2.13. The van der Waals surface area contributed by atoms with Gasteiger partial charge in [0.2, 0.25) is 11.8 Å². The molecule has 2 aromatic heterocycles. The first-order valence-corrected chi connectivity index (χ1v) is 8.74. The average Bonchev–Trinajstić information content (AvgIpc) is 2.98. The van der Waals surface area contributed by atoms with Crippen molar-refractivity contribution < 1.29 is 9.32 Å². The first kappa shape index (κ1) is 15.4. The Bertz CT molecular complexity index is 746. The van der Waals surface area contributed by atoms with Gasteiger partial charge in [0, 0.05) is 32.1 Å². The summed E-state index contributed by atoms with van der Waals surface area (Å²) < 4.78 is 7.16. The van der Waals surface area contributed by atoms with Gasteiger partial charge in [-0.25, -0.2) is 0 Å². The maximum atomic E-state index is 12.7. The highest BCUT2D eigenvalue weighted by molar-refractivity contribution is 5.77. The van der Waals surface area contributed by atoms with Crippen molar-refractivity contribution in [2.45, 2.75) is 57.4 Å². The van der Waals surface area contributed by atoms with Gasteiger partial charge in [-0.05, 0) is 44.6 Å². The van der Waals surface area contributed by atoms with Gasteiger partial charge in [-0.2, -0.15) is 10.1 Å². The molecule has 1 saturated heterocycles. The van der Waals surface area contributed by atoms with Crippen LogP contribution in [0, 0.1) is 6.92 Å². The molecule has 2 fully saturated rings. The maximum Gasteiger partial charge on any atom is 0.229 e. The first-order chi connectivity index (χ1) is 11.6. The van der Waals surface area contributed by atoms with E-state index < -0.39 is 0 Å². The number of carbonyl (C=O) groups is 1. The number of hydrogen-bond donors (Lipinski definition) is 0. The minimum Gasteiger partial charge on any atom is -0.339 e. The summed E-state index contributed by atoms with van der Waals surface area (Å²) in [5.74, 6) is 2.04. The lowest BCUT2D eigenvalue weighted by Crippen LogP contribution is -2.31. The molecule has 0 spiro atoms. The molecule has 2 aliphatic rings. The van der Waals surface area contributed by atoms with Crippen LogP contribution in [0.4, 0.5) is 0 Å². The smallest absolute Gasteiger partial charge is 0.229 e. The third-order valence-corrected chi connectivity index (χ3v) is 4.98. The van der Waals surface area contributed by atoms with Crippen LogP contribution in [0.3, 0.4) is 0 Å². The normalized spacial score (nSPS) is 20.8. The lowest BCUT2D eigenvalue weighted by Gasteiger charge is -2.22. The van der Waals surface area contributed by atoms with Gasteiger partial charge >= 0.3 is 0 Å². The Hall–Kier alpha value is -2.18. The third kappa shape index (κ3) is 2.95. The predicted molar refractivity (Wildman–Crippen MR) is 86.2 cm³/mol. The Morgan fingerprint density at radius 2 is 2.21 bits per heavy atom. The monoisotopic (exact) mass is 329 g/mol. The molecule has 7 heteroatoms. The Labute approximate surface area is 141 Å². The molecular weight excluding hydrogens is 306 g/mol. The molecule has 1 atom stereocenters. The molecule has 0 N–H and O–H groups in total. The number of rotatable bonds is 5. The molecule has 1 aliphatic carbocycles. The number of nitrogens with zero attached hydrogens (tertiary/aromatic N) is 5. The van der Waals surface area contributed by atoms with Crippen molar-refractivity contribution in [2.75, 3.05) is 6.54 Å². The number of carbonyl (C=O) groups excluding carboxylic acids is 1. The summed E-state index contributed by atoms with van der Waals surface area (Å²) >= 11 is 0. The molecule has 2 aromatic rings. The second-order valence-corrected chi connectivity index (χ2v) is 6.92. The van der Waals surface area contributed by atoms with E-state index in [1.54, 1.807) is 4.68 Å². The second kappa shape index (κ2) is 6.03. The fourth-order valence-electron chi connectivity index (χ4n) is 3.49. The highest BCUT2D eigenvalue weighted by Crippen LogP contribution is 2.40. The lowest BCUT2D eigenvalue weighted by molar-refractivity contribution is -0.132. The van der Waals surface area contributed by atoms with Crippen molar-refractivity contribution >= 4 is 5.91 Å². The van der Waals surface area contributed by atoms with Crippen LogP contribution in [0.1, 0.15) is 67.0 Å². The summed E-state index contributed by atoms with van der Waals surface area (Å²) in [5, 5.41) is 8.47. The number of aromatic nitrogens is 4. The second-order valence-electron chi connectivity index (χ2n) is 6.92. The van der Waals surface area contributed by atoms with E-state index in [9.17, 15) is 4.79 Å². The van der Waals surface area contributed by atoms with Gasteiger partial charge in [0.1, 0.15) is 0 Å². The van der Waals surface area contributed by atoms with E-state index in [2.05, 4.69) is 15.2 Å². The Balaban J connectivity index is 1.41. The molecule has 3 heterocycles. The quantitative estimate of drug-likeness (QED) is 0.841. The van der Waals surface area contributed by atoms with Crippen LogP contribution in [-0.4, -0.2) is 37.3 Å². The largest absolute Gasteiger partial charge is 0.339 e. The van der Waals surface area contributed by atoms with E-state index in [1.807, 2.05) is 25.1 Å². The van der Waals surface area contributed by atoms with Crippen molar-refractivity contribution in [3.05, 3.63) is 29.2 Å². The Morgan fingerprint density at radius 1 is 1.38 bits per heavy atom. The number of aryl methyl sites for hydroxylation is 3. The maximum absolute atomic E-state index is 12.7. The molecule has 0 bridgehead atoms. The zero-order valence-electron chi connectivity index (χ0n) is 14.2.